The van der Waals surface area contributed by atoms with E-state index in [4.69, 9.17) is 10.6 Å². The van der Waals surface area contributed by atoms with Crippen LogP contribution in [0.3, 0.4) is 0 Å². The second-order valence-corrected chi connectivity index (χ2v) is 3.65. The van der Waals surface area contributed by atoms with E-state index in [2.05, 4.69) is 10.5 Å². The van der Waals surface area contributed by atoms with Crippen molar-refractivity contribution in [2.45, 2.75) is 18.9 Å². The molecule has 1 atom stereocenters. The maximum absolute atomic E-state index is 5.58. The highest BCUT2D eigenvalue weighted by molar-refractivity contribution is 5.21. The molecule has 2 heterocycles. The molecule has 1 aromatic rings. The summed E-state index contributed by atoms with van der Waals surface area (Å²) < 4.78 is 7.13. The van der Waals surface area contributed by atoms with Gasteiger partial charge in [-0.2, -0.15) is 5.10 Å². The van der Waals surface area contributed by atoms with E-state index in [9.17, 15) is 0 Å². The van der Waals surface area contributed by atoms with Crippen LogP contribution in [0, 0.1) is 0 Å². The van der Waals surface area contributed by atoms with Gasteiger partial charge in [-0.3, -0.25) is 10.5 Å². The van der Waals surface area contributed by atoms with Crippen LogP contribution >= 0.6 is 0 Å². The molecule has 0 fully saturated rings. The molecule has 1 aliphatic heterocycles. The van der Waals surface area contributed by atoms with Gasteiger partial charge in [0.2, 0.25) is 0 Å². The lowest BCUT2D eigenvalue weighted by molar-refractivity contribution is 0.219. The van der Waals surface area contributed by atoms with Crippen molar-refractivity contribution in [2.75, 3.05) is 6.61 Å². The molecule has 0 radical (unpaired) electrons. The highest BCUT2D eigenvalue weighted by atomic mass is 16.5. The van der Waals surface area contributed by atoms with E-state index in [-0.39, 0.29) is 6.04 Å². The van der Waals surface area contributed by atoms with Gasteiger partial charge in [0.05, 0.1) is 24.6 Å². The average Bonchev–Trinajstić information content (AvgIpc) is 2.68. The molecule has 1 unspecified atom stereocenters. The molecule has 0 amide bonds. The predicted octanol–water partition coefficient (Wildman–Crippen LogP) is 0.619. The van der Waals surface area contributed by atoms with Crippen molar-refractivity contribution in [3.05, 3.63) is 29.8 Å². The summed E-state index contributed by atoms with van der Waals surface area (Å²) in [6, 6.07) is 1.96. The van der Waals surface area contributed by atoms with Gasteiger partial charge in [0.1, 0.15) is 0 Å². The second kappa shape index (κ2) is 4.46. The first kappa shape index (κ1) is 10.2. The van der Waals surface area contributed by atoms with Crippen LogP contribution < -0.4 is 11.3 Å². The van der Waals surface area contributed by atoms with Gasteiger partial charge in [0.25, 0.3) is 0 Å². The van der Waals surface area contributed by atoms with Crippen molar-refractivity contribution in [1.82, 2.24) is 15.2 Å². The summed E-state index contributed by atoms with van der Waals surface area (Å²) in [6.45, 7) is 0.798. The molecule has 0 saturated carbocycles. The molecule has 0 aliphatic carbocycles. The predicted molar refractivity (Wildman–Crippen MR) is 56.5 cm³/mol. The second-order valence-electron chi connectivity index (χ2n) is 3.65. The van der Waals surface area contributed by atoms with Gasteiger partial charge in [-0.25, -0.2) is 5.43 Å². The number of nitrogens with two attached hydrogens (primary N) is 1. The van der Waals surface area contributed by atoms with Crippen LogP contribution in [0.15, 0.2) is 24.1 Å². The van der Waals surface area contributed by atoms with Crippen LogP contribution in [-0.2, 0) is 11.8 Å². The first-order valence-electron chi connectivity index (χ1n) is 5.07. The van der Waals surface area contributed by atoms with Crippen molar-refractivity contribution in [3.63, 3.8) is 0 Å². The van der Waals surface area contributed by atoms with Gasteiger partial charge in [-0.05, 0) is 24.5 Å². The summed E-state index contributed by atoms with van der Waals surface area (Å²) in [7, 11) is 1.91. The first-order valence-corrected chi connectivity index (χ1v) is 5.07. The molecule has 1 aliphatic rings. The van der Waals surface area contributed by atoms with Crippen molar-refractivity contribution >= 4 is 0 Å². The zero-order valence-electron chi connectivity index (χ0n) is 8.81. The topological polar surface area (TPSA) is 65.1 Å². The van der Waals surface area contributed by atoms with Gasteiger partial charge < -0.3 is 4.74 Å². The van der Waals surface area contributed by atoms with Gasteiger partial charge in [0, 0.05) is 13.2 Å². The minimum atomic E-state index is -0.00204. The average molecular weight is 208 g/mol. The van der Waals surface area contributed by atoms with Crippen LogP contribution in [0.5, 0.6) is 0 Å². The molecule has 0 spiro atoms. The largest absolute Gasteiger partial charge is 0.501 e. The van der Waals surface area contributed by atoms with Crippen LogP contribution in [0.4, 0.5) is 0 Å². The monoisotopic (exact) mass is 208 g/mol. The SMILES string of the molecule is Cn1nccc1C(NN)C1=COCCC1. The minimum Gasteiger partial charge on any atom is -0.501 e. The molecule has 5 heteroatoms. The third kappa shape index (κ3) is 2.03. The van der Waals surface area contributed by atoms with Crippen LogP contribution in [0.25, 0.3) is 0 Å². The fraction of sp³-hybridized carbons (Fsp3) is 0.500. The summed E-state index contributed by atoms with van der Waals surface area (Å²) in [6.07, 6.45) is 5.63. The van der Waals surface area contributed by atoms with E-state index in [1.165, 1.54) is 5.57 Å². The fourth-order valence-corrected chi connectivity index (χ4v) is 1.85. The molecular weight excluding hydrogens is 192 g/mol. The van der Waals surface area contributed by atoms with Crippen molar-refractivity contribution < 1.29 is 4.74 Å². The Balaban J connectivity index is 2.24. The molecule has 82 valence electrons. The molecular formula is C10H16N4O. The van der Waals surface area contributed by atoms with Crippen LogP contribution in [0.1, 0.15) is 24.6 Å². The maximum atomic E-state index is 5.58. The maximum Gasteiger partial charge on any atom is 0.0876 e. The Morgan fingerprint density at radius 2 is 2.53 bits per heavy atom. The minimum absolute atomic E-state index is 0.00204. The lowest BCUT2D eigenvalue weighted by Gasteiger charge is -2.22. The third-order valence-corrected chi connectivity index (χ3v) is 2.65. The molecule has 3 N–H and O–H groups in total. The molecule has 15 heavy (non-hydrogen) atoms. The van der Waals surface area contributed by atoms with Gasteiger partial charge in [-0.1, -0.05) is 0 Å². The normalized spacial score (nSPS) is 18.1. The Bertz CT molecular complexity index is 358. The van der Waals surface area contributed by atoms with E-state index in [0.29, 0.717) is 0 Å². The Morgan fingerprint density at radius 1 is 1.67 bits per heavy atom. The van der Waals surface area contributed by atoms with Gasteiger partial charge in [-0.15, -0.1) is 0 Å². The first-order chi connectivity index (χ1) is 7.33. The number of aromatic nitrogens is 2. The van der Waals surface area contributed by atoms with Gasteiger partial charge >= 0.3 is 0 Å². The number of aryl methyl sites for hydroxylation is 1. The molecule has 0 saturated heterocycles. The summed E-state index contributed by atoms with van der Waals surface area (Å²) in [4.78, 5) is 0. The highest BCUT2D eigenvalue weighted by Crippen LogP contribution is 2.26. The summed E-state index contributed by atoms with van der Waals surface area (Å²) in [5.41, 5.74) is 5.03. The van der Waals surface area contributed by atoms with Crippen LogP contribution in [-0.4, -0.2) is 16.4 Å². The lowest BCUT2D eigenvalue weighted by atomic mass is 10.00. The Morgan fingerprint density at radius 3 is 3.07 bits per heavy atom. The molecule has 0 aromatic carbocycles. The molecule has 5 nitrogen and oxygen atoms in total. The quantitative estimate of drug-likeness (QED) is 0.564. The van der Waals surface area contributed by atoms with E-state index >= 15 is 0 Å². The van der Waals surface area contributed by atoms with E-state index in [1.54, 1.807) is 12.5 Å². The van der Waals surface area contributed by atoms with Crippen molar-refractivity contribution in [3.8, 4) is 0 Å². The molecule has 1 aromatic heterocycles. The van der Waals surface area contributed by atoms with E-state index in [1.807, 2.05) is 17.8 Å². The zero-order valence-corrected chi connectivity index (χ0v) is 8.81. The molecule has 2 rings (SSSR count). The smallest absolute Gasteiger partial charge is 0.0876 e. The van der Waals surface area contributed by atoms with E-state index in [0.717, 1.165) is 25.1 Å². The number of hydrogen-bond acceptors (Lipinski definition) is 4. The summed E-state index contributed by atoms with van der Waals surface area (Å²) in [5.74, 6) is 5.58. The highest BCUT2D eigenvalue weighted by Gasteiger charge is 2.20. The van der Waals surface area contributed by atoms with Crippen molar-refractivity contribution in [1.29, 1.82) is 0 Å². The Labute approximate surface area is 88.9 Å². The standard InChI is InChI=1S/C10H16N4O/c1-14-9(4-5-12-14)10(13-11)8-3-2-6-15-7-8/h4-5,7,10,13H,2-3,6,11H2,1H3. The number of rotatable bonds is 3. The Hall–Kier alpha value is -1.33. The number of hydrogen-bond donors (Lipinski definition) is 2. The lowest BCUT2D eigenvalue weighted by Crippen LogP contribution is -2.31. The number of nitrogens with zero attached hydrogens (tertiary/aromatic N) is 2. The van der Waals surface area contributed by atoms with Gasteiger partial charge in [0.15, 0.2) is 0 Å². The van der Waals surface area contributed by atoms with Crippen molar-refractivity contribution in [2.24, 2.45) is 12.9 Å². The summed E-state index contributed by atoms with van der Waals surface area (Å²) in [5, 5.41) is 4.13. The molecule has 0 bridgehead atoms. The van der Waals surface area contributed by atoms with E-state index < -0.39 is 0 Å². The number of ether oxygens (including phenoxy) is 1. The number of hydrazine groups is 1. The Kier molecular flexibility index (Phi) is 3.03. The number of nitrogens with one attached hydrogen (secondary N) is 1. The van der Waals surface area contributed by atoms with Crippen LogP contribution in [0.2, 0.25) is 0 Å². The zero-order chi connectivity index (χ0) is 10.7. The third-order valence-electron chi connectivity index (χ3n) is 2.65. The summed E-state index contributed by atoms with van der Waals surface area (Å²) >= 11 is 0. The fourth-order valence-electron chi connectivity index (χ4n) is 1.85.